The summed E-state index contributed by atoms with van der Waals surface area (Å²) in [7, 11) is 0. The van der Waals surface area contributed by atoms with Crippen LogP contribution in [0.1, 0.15) is 0 Å². The van der Waals surface area contributed by atoms with Crippen molar-refractivity contribution in [2.75, 3.05) is 0 Å². The quantitative estimate of drug-likeness (QED) is 0.283. The maximum absolute atomic E-state index is 3.83. The van der Waals surface area contributed by atoms with Gasteiger partial charge in [0.1, 0.15) is 0 Å². The van der Waals surface area contributed by atoms with Gasteiger partial charge in [0.15, 0.2) is 0 Å². The Bertz CT molecular complexity index is 1730. The number of fused-ring (bicyclic) bond motifs is 10. The van der Waals surface area contributed by atoms with Crippen molar-refractivity contribution in [1.82, 2.24) is 9.55 Å². The van der Waals surface area contributed by atoms with Crippen molar-refractivity contribution >= 4 is 54.4 Å². The van der Waals surface area contributed by atoms with Gasteiger partial charge in [-0.25, -0.2) is 0 Å². The van der Waals surface area contributed by atoms with E-state index in [9.17, 15) is 0 Å². The molecule has 30 heavy (non-hydrogen) atoms. The van der Waals surface area contributed by atoms with Gasteiger partial charge in [0.25, 0.3) is 0 Å². The van der Waals surface area contributed by atoms with Gasteiger partial charge in [0.2, 0.25) is 0 Å². The molecule has 0 fully saturated rings. The second-order valence-corrected chi connectivity index (χ2v) is 7.88. The number of aromatic nitrogens is 2. The fourth-order valence-corrected chi connectivity index (χ4v) is 5.09. The number of aromatic amines is 1. The molecular weight excluding hydrogens is 364 g/mol. The van der Waals surface area contributed by atoms with Crippen molar-refractivity contribution in [3.63, 3.8) is 0 Å². The van der Waals surface area contributed by atoms with Gasteiger partial charge in [-0.1, -0.05) is 84.9 Å². The van der Waals surface area contributed by atoms with E-state index in [2.05, 4.69) is 113 Å². The fourth-order valence-electron chi connectivity index (χ4n) is 5.09. The molecule has 0 spiro atoms. The van der Waals surface area contributed by atoms with Crippen LogP contribution in [0.15, 0.2) is 103 Å². The van der Waals surface area contributed by atoms with Crippen molar-refractivity contribution in [2.45, 2.75) is 0 Å². The molecule has 0 aliphatic rings. The Hall–Kier alpha value is -4.04. The number of hydrogen-bond acceptors (Lipinski definition) is 0. The third-order valence-electron chi connectivity index (χ3n) is 6.31. The van der Waals surface area contributed by atoms with Crippen LogP contribution in [-0.4, -0.2) is 9.55 Å². The first-order chi connectivity index (χ1) is 14.9. The van der Waals surface area contributed by atoms with Crippen molar-refractivity contribution < 1.29 is 0 Å². The zero-order chi connectivity index (χ0) is 19.7. The van der Waals surface area contributed by atoms with Crippen LogP contribution < -0.4 is 0 Å². The molecule has 2 nitrogen and oxygen atoms in total. The first kappa shape index (κ1) is 15.8. The number of rotatable bonds is 1. The SMILES string of the molecule is c1ccc(-n2c3ccccc3c3[nH]c4c5ccccc5c5ccccc5c4c32)cc1. The standard InChI is InChI=1S/C28H18N2/c1-2-10-18(11-3-1)30-24-17-9-8-16-23(24)27-28(30)25-21-14-6-4-12-19(21)20-13-5-7-15-22(20)26(25)29-27/h1-17,29H. The van der Waals surface area contributed by atoms with E-state index >= 15 is 0 Å². The highest BCUT2D eigenvalue weighted by molar-refractivity contribution is 6.33. The van der Waals surface area contributed by atoms with E-state index in [0.717, 1.165) is 0 Å². The summed E-state index contributed by atoms with van der Waals surface area (Å²) >= 11 is 0. The van der Waals surface area contributed by atoms with Crippen molar-refractivity contribution in [3.05, 3.63) is 103 Å². The molecule has 0 saturated heterocycles. The average molecular weight is 382 g/mol. The molecule has 0 amide bonds. The molecule has 0 radical (unpaired) electrons. The monoisotopic (exact) mass is 382 g/mol. The van der Waals surface area contributed by atoms with Crippen LogP contribution in [-0.2, 0) is 0 Å². The van der Waals surface area contributed by atoms with Crippen molar-refractivity contribution in [2.24, 2.45) is 0 Å². The summed E-state index contributed by atoms with van der Waals surface area (Å²) in [5, 5.41) is 7.69. The van der Waals surface area contributed by atoms with Crippen molar-refractivity contribution in [1.29, 1.82) is 0 Å². The molecule has 5 aromatic carbocycles. The topological polar surface area (TPSA) is 20.7 Å². The van der Waals surface area contributed by atoms with Gasteiger partial charge in [0.05, 0.1) is 22.1 Å². The molecule has 1 N–H and O–H groups in total. The highest BCUT2D eigenvalue weighted by atomic mass is 15.0. The molecule has 0 saturated carbocycles. The van der Waals surface area contributed by atoms with Gasteiger partial charge in [-0.3, -0.25) is 0 Å². The molecule has 0 unspecified atom stereocenters. The van der Waals surface area contributed by atoms with Gasteiger partial charge >= 0.3 is 0 Å². The van der Waals surface area contributed by atoms with Crippen LogP contribution in [0.5, 0.6) is 0 Å². The largest absolute Gasteiger partial charge is 0.352 e. The Morgan fingerprint density at radius 1 is 0.467 bits per heavy atom. The maximum atomic E-state index is 3.83. The zero-order valence-electron chi connectivity index (χ0n) is 16.3. The summed E-state index contributed by atoms with van der Waals surface area (Å²) in [6.07, 6.45) is 0. The Labute approximate surface area is 173 Å². The lowest BCUT2D eigenvalue weighted by Crippen LogP contribution is -1.93. The van der Waals surface area contributed by atoms with E-state index in [4.69, 9.17) is 0 Å². The lowest BCUT2D eigenvalue weighted by atomic mass is 9.98. The van der Waals surface area contributed by atoms with E-state index < -0.39 is 0 Å². The van der Waals surface area contributed by atoms with E-state index in [0.29, 0.717) is 0 Å². The smallest absolute Gasteiger partial charge is 0.0804 e. The minimum atomic E-state index is 1.18. The van der Waals surface area contributed by atoms with Crippen molar-refractivity contribution in [3.8, 4) is 5.69 Å². The maximum Gasteiger partial charge on any atom is 0.0804 e. The van der Waals surface area contributed by atoms with Gasteiger partial charge in [-0.15, -0.1) is 0 Å². The fraction of sp³-hybridized carbons (Fsp3) is 0. The van der Waals surface area contributed by atoms with E-state index in [1.165, 1.54) is 60.1 Å². The summed E-state index contributed by atoms with van der Waals surface area (Å²) in [5.74, 6) is 0. The second-order valence-electron chi connectivity index (χ2n) is 7.88. The number of hydrogen-bond donors (Lipinski definition) is 1. The molecule has 2 aromatic heterocycles. The van der Waals surface area contributed by atoms with Crippen LogP contribution in [0.25, 0.3) is 60.1 Å². The number of benzene rings is 5. The van der Waals surface area contributed by atoms with Gasteiger partial charge < -0.3 is 9.55 Å². The van der Waals surface area contributed by atoms with Crippen LogP contribution in [0.3, 0.4) is 0 Å². The second kappa shape index (κ2) is 5.74. The number of nitrogens with one attached hydrogen (secondary N) is 1. The third-order valence-corrected chi connectivity index (χ3v) is 6.31. The lowest BCUT2D eigenvalue weighted by molar-refractivity contribution is 1.19. The Balaban J connectivity index is 1.85. The lowest BCUT2D eigenvalue weighted by Gasteiger charge is -2.10. The minimum Gasteiger partial charge on any atom is -0.352 e. The summed E-state index contributed by atoms with van der Waals surface area (Å²) in [4.78, 5) is 3.83. The molecular formula is C28H18N2. The Kier molecular flexibility index (Phi) is 3.03. The van der Waals surface area contributed by atoms with Gasteiger partial charge in [-0.2, -0.15) is 0 Å². The highest BCUT2D eigenvalue weighted by Crippen LogP contribution is 2.42. The first-order valence-corrected chi connectivity index (χ1v) is 10.3. The van der Waals surface area contributed by atoms with Crippen LogP contribution in [0, 0.1) is 0 Å². The molecule has 0 aliphatic carbocycles. The normalized spacial score (nSPS) is 12.0. The van der Waals surface area contributed by atoms with E-state index in [1.807, 2.05) is 0 Å². The number of nitrogens with zero attached hydrogens (tertiary/aromatic N) is 1. The van der Waals surface area contributed by atoms with Gasteiger partial charge in [0, 0.05) is 21.8 Å². The number of para-hydroxylation sites is 2. The molecule has 7 rings (SSSR count). The van der Waals surface area contributed by atoms with Crippen LogP contribution in [0.4, 0.5) is 0 Å². The summed E-state index contributed by atoms with van der Waals surface area (Å²) in [6, 6.07) is 36.8. The van der Waals surface area contributed by atoms with Crippen LogP contribution >= 0.6 is 0 Å². The van der Waals surface area contributed by atoms with E-state index in [1.54, 1.807) is 0 Å². The summed E-state index contributed by atoms with van der Waals surface area (Å²) in [5.41, 5.74) is 6.07. The molecule has 0 atom stereocenters. The predicted molar refractivity (Wildman–Crippen MR) is 128 cm³/mol. The Morgan fingerprint density at radius 2 is 1.03 bits per heavy atom. The Morgan fingerprint density at radius 3 is 1.80 bits per heavy atom. The van der Waals surface area contributed by atoms with E-state index in [-0.39, 0.29) is 0 Å². The first-order valence-electron chi connectivity index (χ1n) is 10.3. The zero-order valence-corrected chi connectivity index (χ0v) is 16.3. The predicted octanol–water partition coefficient (Wildman–Crippen LogP) is 7.57. The molecule has 140 valence electrons. The average Bonchev–Trinajstić information content (AvgIpc) is 3.35. The summed E-state index contributed by atoms with van der Waals surface area (Å²) < 4.78 is 2.41. The third kappa shape index (κ3) is 1.93. The molecule has 0 aliphatic heterocycles. The highest BCUT2D eigenvalue weighted by Gasteiger charge is 2.20. The minimum absolute atomic E-state index is 1.18. The van der Waals surface area contributed by atoms with Gasteiger partial charge in [-0.05, 0) is 34.4 Å². The molecule has 2 heterocycles. The molecule has 2 heteroatoms. The van der Waals surface area contributed by atoms with Crippen LogP contribution in [0.2, 0.25) is 0 Å². The molecule has 0 bridgehead atoms. The number of H-pyrrole nitrogens is 1. The summed E-state index contributed by atoms with van der Waals surface area (Å²) in [6.45, 7) is 0. The molecule has 7 aromatic rings.